The largest absolute Gasteiger partial charge is 0.497 e. The summed E-state index contributed by atoms with van der Waals surface area (Å²) in [5.74, 6) is 0.889. The minimum Gasteiger partial charge on any atom is -0.497 e. The molecule has 0 bridgehead atoms. The molecule has 0 spiro atoms. The predicted octanol–water partition coefficient (Wildman–Crippen LogP) is 2.70. The fourth-order valence-electron chi connectivity index (χ4n) is 2.53. The molecular weight excluding hydrogens is 274 g/mol. The molecule has 1 aliphatic rings. The van der Waals surface area contributed by atoms with Gasteiger partial charge in [0.2, 0.25) is 0 Å². The van der Waals surface area contributed by atoms with Gasteiger partial charge in [-0.15, -0.1) is 5.10 Å². The van der Waals surface area contributed by atoms with E-state index in [0.29, 0.717) is 5.15 Å². The van der Waals surface area contributed by atoms with Crippen LogP contribution in [0.25, 0.3) is 0 Å². The van der Waals surface area contributed by atoms with Crippen LogP contribution >= 0.6 is 11.6 Å². The summed E-state index contributed by atoms with van der Waals surface area (Å²) >= 11 is 6.08. The fraction of sp³-hybridized carbons (Fsp3) is 0.333. The van der Waals surface area contributed by atoms with Gasteiger partial charge in [0.15, 0.2) is 5.15 Å². The van der Waals surface area contributed by atoms with Gasteiger partial charge in [0.1, 0.15) is 5.75 Å². The van der Waals surface area contributed by atoms with E-state index in [2.05, 4.69) is 27.2 Å². The molecule has 4 nitrogen and oxygen atoms in total. The normalized spacial score (nSPS) is 14.9. The highest BCUT2D eigenvalue weighted by Crippen LogP contribution is 2.24. The van der Waals surface area contributed by atoms with Crippen molar-refractivity contribution >= 4 is 11.6 Å². The standard InChI is InChI=1S/C15H16ClN3O/c1-20-13-4-2-11(3-5-13)9-19-7-6-14-12(10-19)8-17-18-15(14)16/h2-5,8H,6-7,9-10H2,1H3. The molecule has 0 amide bonds. The maximum atomic E-state index is 6.08. The van der Waals surface area contributed by atoms with Crippen LogP contribution in [0.1, 0.15) is 16.7 Å². The number of benzene rings is 1. The van der Waals surface area contributed by atoms with E-state index in [1.165, 1.54) is 11.1 Å². The Morgan fingerprint density at radius 2 is 2.10 bits per heavy atom. The molecule has 0 saturated heterocycles. The van der Waals surface area contributed by atoms with Gasteiger partial charge in [-0.25, -0.2) is 0 Å². The Kier molecular flexibility index (Phi) is 3.85. The lowest BCUT2D eigenvalue weighted by molar-refractivity contribution is 0.244. The maximum Gasteiger partial charge on any atom is 0.155 e. The van der Waals surface area contributed by atoms with Crippen molar-refractivity contribution in [3.8, 4) is 5.75 Å². The van der Waals surface area contributed by atoms with Crippen molar-refractivity contribution in [2.45, 2.75) is 19.5 Å². The van der Waals surface area contributed by atoms with Gasteiger partial charge in [-0.2, -0.15) is 5.10 Å². The van der Waals surface area contributed by atoms with Crippen molar-refractivity contribution in [2.24, 2.45) is 0 Å². The molecule has 20 heavy (non-hydrogen) atoms. The van der Waals surface area contributed by atoms with E-state index in [-0.39, 0.29) is 0 Å². The molecule has 104 valence electrons. The average Bonchev–Trinajstić information content (AvgIpc) is 2.48. The Balaban J connectivity index is 1.70. The number of hydrogen-bond acceptors (Lipinski definition) is 4. The van der Waals surface area contributed by atoms with Crippen LogP contribution in [0.5, 0.6) is 5.75 Å². The van der Waals surface area contributed by atoms with Crippen LogP contribution in [0.2, 0.25) is 5.15 Å². The van der Waals surface area contributed by atoms with Crippen LogP contribution in [0, 0.1) is 0 Å². The smallest absolute Gasteiger partial charge is 0.155 e. The molecule has 1 aromatic carbocycles. The van der Waals surface area contributed by atoms with Crippen LogP contribution in [-0.2, 0) is 19.5 Å². The summed E-state index contributed by atoms with van der Waals surface area (Å²) in [6.07, 6.45) is 2.75. The molecule has 0 atom stereocenters. The minimum atomic E-state index is 0.548. The van der Waals surface area contributed by atoms with E-state index in [1.807, 2.05) is 18.3 Å². The lowest BCUT2D eigenvalue weighted by Gasteiger charge is -2.28. The Hall–Kier alpha value is -1.65. The van der Waals surface area contributed by atoms with Gasteiger partial charge in [0.25, 0.3) is 0 Å². The van der Waals surface area contributed by atoms with Gasteiger partial charge in [0.05, 0.1) is 13.3 Å². The summed E-state index contributed by atoms with van der Waals surface area (Å²) in [4.78, 5) is 2.39. The summed E-state index contributed by atoms with van der Waals surface area (Å²) < 4.78 is 5.18. The highest BCUT2D eigenvalue weighted by Gasteiger charge is 2.19. The monoisotopic (exact) mass is 289 g/mol. The summed E-state index contributed by atoms with van der Waals surface area (Å²) in [6.45, 7) is 2.78. The zero-order valence-corrected chi connectivity index (χ0v) is 12.1. The molecule has 0 radical (unpaired) electrons. The second kappa shape index (κ2) is 5.77. The second-order valence-corrected chi connectivity index (χ2v) is 5.31. The molecule has 3 rings (SSSR count). The van der Waals surface area contributed by atoms with Crippen molar-refractivity contribution in [1.29, 1.82) is 0 Å². The molecule has 0 fully saturated rings. The van der Waals surface area contributed by atoms with Gasteiger partial charge in [-0.05, 0) is 35.2 Å². The Morgan fingerprint density at radius 1 is 1.30 bits per heavy atom. The third-order valence-corrected chi connectivity index (χ3v) is 3.94. The van der Waals surface area contributed by atoms with E-state index in [9.17, 15) is 0 Å². The Bertz CT molecular complexity index is 601. The zero-order valence-electron chi connectivity index (χ0n) is 11.3. The summed E-state index contributed by atoms with van der Waals surface area (Å²) in [5, 5.41) is 8.39. The molecule has 2 heterocycles. The van der Waals surface area contributed by atoms with E-state index >= 15 is 0 Å². The number of rotatable bonds is 3. The van der Waals surface area contributed by atoms with Crippen LogP contribution in [-0.4, -0.2) is 28.8 Å². The van der Waals surface area contributed by atoms with Crippen molar-refractivity contribution in [1.82, 2.24) is 15.1 Å². The SMILES string of the molecule is COc1ccc(CN2CCc3c(cnnc3Cl)C2)cc1. The minimum absolute atomic E-state index is 0.548. The first-order valence-corrected chi connectivity index (χ1v) is 6.98. The van der Waals surface area contributed by atoms with Crippen molar-refractivity contribution < 1.29 is 4.74 Å². The van der Waals surface area contributed by atoms with Crippen LogP contribution in [0.4, 0.5) is 0 Å². The molecule has 2 aromatic rings. The summed E-state index contributed by atoms with van der Waals surface area (Å²) in [7, 11) is 1.68. The Morgan fingerprint density at radius 3 is 2.85 bits per heavy atom. The zero-order chi connectivity index (χ0) is 13.9. The van der Waals surface area contributed by atoms with Gasteiger partial charge < -0.3 is 4.74 Å². The molecule has 1 aromatic heterocycles. The topological polar surface area (TPSA) is 38.2 Å². The average molecular weight is 290 g/mol. The predicted molar refractivity (Wildman–Crippen MR) is 77.9 cm³/mol. The van der Waals surface area contributed by atoms with Crippen molar-refractivity contribution in [3.63, 3.8) is 0 Å². The molecule has 0 unspecified atom stereocenters. The highest BCUT2D eigenvalue weighted by molar-refractivity contribution is 6.30. The quantitative estimate of drug-likeness (QED) is 0.871. The number of ether oxygens (including phenoxy) is 1. The lowest BCUT2D eigenvalue weighted by atomic mass is 10.0. The highest BCUT2D eigenvalue weighted by atomic mass is 35.5. The molecule has 1 aliphatic heterocycles. The van der Waals surface area contributed by atoms with Crippen molar-refractivity contribution in [2.75, 3.05) is 13.7 Å². The number of halogens is 1. The summed E-state index contributed by atoms with van der Waals surface area (Å²) in [6, 6.07) is 8.20. The maximum absolute atomic E-state index is 6.08. The molecule has 5 heteroatoms. The molecular formula is C15H16ClN3O. The van der Waals surface area contributed by atoms with E-state index < -0.39 is 0 Å². The van der Waals surface area contributed by atoms with Gasteiger partial charge in [0, 0.05) is 19.6 Å². The Labute approximate surface area is 123 Å². The first kappa shape index (κ1) is 13.3. The van der Waals surface area contributed by atoms with Gasteiger partial charge in [-0.1, -0.05) is 23.7 Å². The number of hydrogen-bond donors (Lipinski definition) is 0. The van der Waals surface area contributed by atoms with E-state index in [0.717, 1.165) is 37.4 Å². The lowest BCUT2D eigenvalue weighted by Crippen LogP contribution is -2.30. The first-order valence-electron chi connectivity index (χ1n) is 6.60. The third-order valence-electron chi connectivity index (χ3n) is 3.63. The van der Waals surface area contributed by atoms with Gasteiger partial charge in [-0.3, -0.25) is 4.90 Å². The number of methoxy groups -OCH3 is 1. The third kappa shape index (κ3) is 2.76. The van der Waals surface area contributed by atoms with Crippen LogP contribution in [0.3, 0.4) is 0 Å². The van der Waals surface area contributed by atoms with Crippen LogP contribution in [0.15, 0.2) is 30.5 Å². The molecule has 0 N–H and O–H groups in total. The second-order valence-electron chi connectivity index (χ2n) is 4.95. The first-order chi connectivity index (χ1) is 9.76. The van der Waals surface area contributed by atoms with Gasteiger partial charge >= 0.3 is 0 Å². The van der Waals surface area contributed by atoms with Crippen molar-refractivity contribution in [3.05, 3.63) is 52.3 Å². The van der Waals surface area contributed by atoms with E-state index in [4.69, 9.17) is 16.3 Å². The number of aromatic nitrogens is 2. The van der Waals surface area contributed by atoms with E-state index in [1.54, 1.807) is 7.11 Å². The fourth-order valence-corrected chi connectivity index (χ4v) is 2.79. The molecule has 0 aliphatic carbocycles. The number of nitrogens with zero attached hydrogens (tertiary/aromatic N) is 3. The molecule has 0 saturated carbocycles. The summed E-state index contributed by atoms with van der Waals surface area (Å²) in [5.41, 5.74) is 3.61. The number of fused-ring (bicyclic) bond motifs is 1. The van der Waals surface area contributed by atoms with Crippen LogP contribution < -0.4 is 4.74 Å².